The van der Waals surface area contributed by atoms with E-state index in [0.29, 0.717) is 22.3 Å². The van der Waals surface area contributed by atoms with E-state index in [1.807, 2.05) is 0 Å². The van der Waals surface area contributed by atoms with Crippen molar-refractivity contribution in [1.82, 2.24) is 4.72 Å². The van der Waals surface area contributed by atoms with Gasteiger partial charge in [0, 0.05) is 10.5 Å². The van der Waals surface area contributed by atoms with Crippen molar-refractivity contribution in [2.75, 3.05) is 11.5 Å². The second-order valence-electron chi connectivity index (χ2n) is 4.62. The number of nitrogens with one attached hydrogen (secondary N) is 1. The van der Waals surface area contributed by atoms with Gasteiger partial charge in [-0.1, -0.05) is 11.6 Å². The van der Waals surface area contributed by atoms with Crippen LogP contribution in [0.25, 0.3) is 0 Å². The summed E-state index contributed by atoms with van der Waals surface area (Å²) >= 11 is 9.00. The molecule has 0 radical (unpaired) electrons. The van der Waals surface area contributed by atoms with Gasteiger partial charge in [0.2, 0.25) is 10.0 Å². The molecule has 0 aromatic heterocycles. The number of hydrogen-bond donors (Lipinski definition) is 1. The molecular formula is C11H13BrClNO4S2. The normalized spacial score (nSPS) is 19.9. The molecule has 112 valence electrons. The number of benzene rings is 1. The van der Waals surface area contributed by atoms with Crippen LogP contribution in [0.15, 0.2) is 27.6 Å². The van der Waals surface area contributed by atoms with Gasteiger partial charge in [-0.25, -0.2) is 21.6 Å². The molecule has 1 saturated heterocycles. The first-order valence-corrected chi connectivity index (χ1v) is 10.3. The third-order valence-electron chi connectivity index (χ3n) is 3.08. The molecule has 1 heterocycles. The average molecular weight is 403 g/mol. The van der Waals surface area contributed by atoms with Gasteiger partial charge < -0.3 is 0 Å². The lowest BCUT2D eigenvalue weighted by molar-refractivity contribution is 0.505. The fourth-order valence-corrected chi connectivity index (χ4v) is 5.41. The van der Waals surface area contributed by atoms with Crippen molar-refractivity contribution in [1.29, 1.82) is 0 Å². The Bertz CT molecular complexity index is 704. The number of sulfonamides is 1. The van der Waals surface area contributed by atoms with Crippen LogP contribution in [0.5, 0.6) is 0 Å². The highest BCUT2D eigenvalue weighted by Gasteiger charge is 2.27. The Morgan fingerprint density at radius 1 is 1.25 bits per heavy atom. The van der Waals surface area contributed by atoms with Crippen LogP contribution in [-0.4, -0.2) is 34.4 Å². The van der Waals surface area contributed by atoms with Gasteiger partial charge in [0.1, 0.15) is 9.84 Å². The third-order valence-corrected chi connectivity index (χ3v) is 7.53. The molecule has 1 aliphatic heterocycles. The van der Waals surface area contributed by atoms with Crippen molar-refractivity contribution < 1.29 is 16.8 Å². The Kier molecular flexibility index (Phi) is 4.80. The maximum atomic E-state index is 12.2. The van der Waals surface area contributed by atoms with Crippen molar-refractivity contribution >= 4 is 47.4 Å². The molecule has 20 heavy (non-hydrogen) atoms. The Balaban J connectivity index is 2.13. The van der Waals surface area contributed by atoms with Crippen LogP contribution >= 0.6 is 27.5 Å². The topological polar surface area (TPSA) is 80.3 Å². The van der Waals surface area contributed by atoms with Crippen LogP contribution in [0.2, 0.25) is 5.02 Å². The van der Waals surface area contributed by atoms with Gasteiger partial charge in [-0.2, -0.15) is 0 Å². The Labute approximate surface area is 131 Å². The summed E-state index contributed by atoms with van der Waals surface area (Å²) < 4.78 is 50.1. The molecule has 0 atom stereocenters. The van der Waals surface area contributed by atoms with Gasteiger partial charge in [-0.15, -0.1) is 0 Å². The van der Waals surface area contributed by atoms with Crippen LogP contribution in [-0.2, 0) is 19.9 Å². The van der Waals surface area contributed by atoms with Crippen LogP contribution < -0.4 is 4.72 Å². The lowest BCUT2D eigenvalue weighted by atomic mass is 10.2. The van der Waals surface area contributed by atoms with Crippen LogP contribution in [0.4, 0.5) is 0 Å². The molecule has 0 amide bonds. The molecule has 1 N–H and O–H groups in total. The summed E-state index contributed by atoms with van der Waals surface area (Å²) in [6.07, 6.45) is 0.604. The van der Waals surface area contributed by atoms with Gasteiger partial charge in [0.05, 0.1) is 21.4 Å². The first-order valence-electron chi connectivity index (χ1n) is 5.87. The van der Waals surface area contributed by atoms with E-state index in [1.165, 1.54) is 18.2 Å². The molecule has 1 fully saturated rings. The zero-order valence-electron chi connectivity index (χ0n) is 10.3. The highest BCUT2D eigenvalue weighted by atomic mass is 79.9. The summed E-state index contributed by atoms with van der Waals surface area (Å²) in [4.78, 5) is 0.0993. The average Bonchev–Trinajstić information content (AvgIpc) is 2.35. The van der Waals surface area contributed by atoms with E-state index in [9.17, 15) is 16.8 Å². The van der Waals surface area contributed by atoms with Crippen molar-refractivity contribution in [3.63, 3.8) is 0 Å². The minimum absolute atomic E-state index is 0.0184. The van der Waals surface area contributed by atoms with E-state index >= 15 is 0 Å². The largest absolute Gasteiger partial charge is 0.240 e. The van der Waals surface area contributed by atoms with Gasteiger partial charge in [-0.05, 0) is 47.0 Å². The smallest absolute Gasteiger partial charge is 0.229 e. The van der Waals surface area contributed by atoms with E-state index in [4.69, 9.17) is 11.6 Å². The first kappa shape index (κ1) is 16.2. The first-order chi connectivity index (χ1) is 9.20. The number of halogens is 2. The molecule has 1 aromatic carbocycles. The Morgan fingerprint density at radius 2 is 1.85 bits per heavy atom. The van der Waals surface area contributed by atoms with E-state index in [2.05, 4.69) is 20.7 Å². The molecule has 9 heteroatoms. The fourth-order valence-electron chi connectivity index (χ4n) is 1.94. The minimum Gasteiger partial charge on any atom is -0.229 e. The molecule has 1 aliphatic rings. The van der Waals surface area contributed by atoms with Gasteiger partial charge >= 0.3 is 0 Å². The third kappa shape index (κ3) is 3.94. The van der Waals surface area contributed by atoms with E-state index in [1.54, 1.807) is 0 Å². The maximum absolute atomic E-state index is 12.2. The van der Waals surface area contributed by atoms with E-state index in [0.717, 1.165) is 0 Å². The lowest BCUT2D eigenvalue weighted by Gasteiger charge is -2.22. The van der Waals surface area contributed by atoms with Gasteiger partial charge in [0.25, 0.3) is 0 Å². The molecule has 0 saturated carbocycles. The summed E-state index contributed by atoms with van der Waals surface area (Å²) in [6.45, 7) is 0. The number of sulfone groups is 1. The highest BCUT2D eigenvalue weighted by molar-refractivity contribution is 9.10. The van der Waals surface area contributed by atoms with E-state index in [-0.39, 0.29) is 22.4 Å². The zero-order valence-corrected chi connectivity index (χ0v) is 14.3. The summed E-state index contributed by atoms with van der Waals surface area (Å²) in [5.41, 5.74) is 0. The Morgan fingerprint density at radius 3 is 2.40 bits per heavy atom. The minimum atomic E-state index is -3.67. The monoisotopic (exact) mass is 401 g/mol. The molecule has 0 spiro atoms. The number of hydrogen-bond acceptors (Lipinski definition) is 4. The molecule has 0 unspecified atom stereocenters. The lowest BCUT2D eigenvalue weighted by Crippen LogP contribution is -2.40. The second kappa shape index (κ2) is 5.92. The SMILES string of the molecule is O=S1(=O)CCC(NS(=O)(=O)c2ccc(Cl)c(Br)c2)CC1. The summed E-state index contributed by atoms with van der Waals surface area (Å²) in [5, 5.41) is 0.424. The molecule has 2 rings (SSSR count). The molecular weight excluding hydrogens is 390 g/mol. The van der Waals surface area contributed by atoms with Gasteiger partial charge in [0.15, 0.2) is 0 Å². The molecule has 0 bridgehead atoms. The Hall–Kier alpha value is -0.150. The summed E-state index contributed by atoms with van der Waals surface area (Å²) in [5.74, 6) is 0.0367. The quantitative estimate of drug-likeness (QED) is 0.838. The van der Waals surface area contributed by atoms with Crippen LogP contribution in [0.3, 0.4) is 0 Å². The molecule has 1 aromatic rings. The van der Waals surface area contributed by atoms with E-state index < -0.39 is 19.9 Å². The standard InChI is InChI=1S/C11H13BrClNO4S2/c12-10-7-9(1-2-11(10)13)20(17,18)14-8-3-5-19(15,16)6-4-8/h1-2,7-8,14H,3-6H2. The number of rotatable bonds is 3. The van der Waals surface area contributed by atoms with Gasteiger partial charge in [-0.3, -0.25) is 0 Å². The van der Waals surface area contributed by atoms with Crippen molar-refractivity contribution in [3.05, 3.63) is 27.7 Å². The summed E-state index contributed by atoms with van der Waals surface area (Å²) in [6, 6.07) is 3.98. The predicted molar refractivity (Wildman–Crippen MR) is 81.1 cm³/mol. The summed E-state index contributed by atoms with van der Waals surface area (Å²) in [7, 11) is -6.68. The van der Waals surface area contributed by atoms with Crippen LogP contribution in [0, 0.1) is 0 Å². The predicted octanol–water partition coefficient (Wildman–Crippen LogP) is 1.96. The fraction of sp³-hybridized carbons (Fsp3) is 0.455. The van der Waals surface area contributed by atoms with Crippen LogP contribution in [0.1, 0.15) is 12.8 Å². The zero-order chi connectivity index (χ0) is 15.0. The molecule has 5 nitrogen and oxygen atoms in total. The molecule has 0 aliphatic carbocycles. The second-order valence-corrected chi connectivity index (χ2v) is 9.90. The maximum Gasteiger partial charge on any atom is 0.240 e. The van der Waals surface area contributed by atoms with Crippen molar-refractivity contribution in [2.45, 2.75) is 23.8 Å². The van der Waals surface area contributed by atoms with Crippen molar-refractivity contribution in [2.24, 2.45) is 0 Å². The highest BCUT2D eigenvalue weighted by Crippen LogP contribution is 2.25. The van der Waals surface area contributed by atoms with Crippen molar-refractivity contribution in [3.8, 4) is 0 Å².